The molecule has 0 N–H and O–H groups in total. The summed E-state index contributed by atoms with van der Waals surface area (Å²) in [6, 6.07) is 0. The quantitative estimate of drug-likeness (QED) is 0.340. The number of rotatable bonds is 2. The molecule has 2 aliphatic carbocycles. The van der Waals surface area contributed by atoms with Crippen molar-refractivity contribution in [2.75, 3.05) is 6.54 Å². The summed E-state index contributed by atoms with van der Waals surface area (Å²) in [7, 11) is 0. The van der Waals surface area contributed by atoms with Crippen molar-refractivity contribution in [3.05, 3.63) is 62.7 Å². The van der Waals surface area contributed by atoms with Crippen molar-refractivity contribution in [3.8, 4) is 0 Å². The van der Waals surface area contributed by atoms with Gasteiger partial charge in [-0.05, 0) is 48.9 Å². The van der Waals surface area contributed by atoms with Crippen molar-refractivity contribution in [1.29, 1.82) is 0 Å². The van der Waals surface area contributed by atoms with Gasteiger partial charge in [-0.15, -0.1) is 12.2 Å². The van der Waals surface area contributed by atoms with Gasteiger partial charge in [0.15, 0.2) is 0 Å². The Labute approximate surface area is 180 Å². The van der Waals surface area contributed by atoms with E-state index in [-0.39, 0.29) is 44.0 Å². The zero-order chi connectivity index (χ0) is 15.7. The number of nitrogens with zero attached hydrogens (tertiary/aromatic N) is 1. The summed E-state index contributed by atoms with van der Waals surface area (Å²) in [5.74, 6) is 4.18. The predicted molar refractivity (Wildman–Crippen MR) is 115 cm³/mol. The molecule has 0 spiro atoms. The maximum atomic E-state index is 4.98. The van der Waals surface area contributed by atoms with E-state index in [0.29, 0.717) is 0 Å². The van der Waals surface area contributed by atoms with Crippen LogP contribution in [0.25, 0.3) is 5.32 Å². The van der Waals surface area contributed by atoms with E-state index in [9.17, 15) is 0 Å². The topological polar surface area (TPSA) is 14.1 Å². The van der Waals surface area contributed by atoms with Crippen LogP contribution < -0.4 is 0 Å². The molecular formula is C24H41NTi. The van der Waals surface area contributed by atoms with Crippen molar-refractivity contribution in [2.24, 2.45) is 29.6 Å². The molecule has 3 rings (SSSR count). The molecule has 0 radical (unpaired) electrons. The molecule has 1 aliphatic heterocycles. The van der Waals surface area contributed by atoms with Crippen LogP contribution in [0.3, 0.4) is 0 Å². The average molecular weight is 391 g/mol. The van der Waals surface area contributed by atoms with Gasteiger partial charge in [-0.25, -0.2) is 0 Å². The standard InChI is InChI=1S/C21H32N.3CH3.Ti/c1-14-15(2)17(4)20(16(14)3)13-19-11-6-5-9-18-10-7-8-12-22-21(18)19;;;;/h5,9,11,14-17,20H,6-8,10,12-13H2,1-4H3;3*1H3;/q4*-1;+4/t14?,15?,16-,17+,20?;;;;. The third-order valence-corrected chi connectivity index (χ3v) is 6.85. The summed E-state index contributed by atoms with van der Waals surface area (Å²) in [5, 5.41) is 4.98. The first kappa shape index (κ1) is 27.9. The van der Waals surface area contributed by atoms with Gasteiger partial charge >= 0.3 is 21.7 Å². The summed E-state index contributed by atoms with van der Waals surface area (Å²) < 4.78 is 0. The fourth-order valence-corrected chi connectivity index (χ4v) is 4.85. The SMILES string of the molecule is CC1C(C)[C@H](C)C(CC2=CCC=CC3=C2[N-]CCCC3)[C@@H]1C.[CH3-].[CH3-].[CH3-].[Ti+4]. The Kier molecular flexibility index (Phi) is 13.2. The fourth-order valence-electron chi connectivity index (χ4n) is 4.85. The molecule has 0 saturated heterocycles. The first-order chi connectivity index (χ1) is 10.6. The van der Waals surface area contributed by atoms with Crippen LogP contribution in [0, 0.1) is 51.9 Å². The van der Waals surface area contributed by atoms with Crippen LogP contribution in [0.4, 0.5) is 0 Å². The Morgan fingerprint density at radius 2 is 1.54 bits per heavy atom. The third-order valence-electron chi connectivity index (χ3n) is 6.85. The fraction of sp³-hybridized carbons (Fsp3) is 0.625. The van der Waals surface area contributed by atoms with Crippen LogP contribution in [0.1, 0.15) is 59.8 Å². The molecule has 0 aromatic rings. The zero-order valence-corrected chi connectivity index (χ0v) is 19.9. The van der Waals surface area contributed by atoms with Gasteiger partial charge in [-0.3, -0.25) is 0 Å². The summed E-state index contributed by atoms with van der Waals surface area (Å²) in [5.41, 5.74) is 4.41. The molecule has 0 aromatic carbocycles. The van der Waals surface area contributed by atoms with Gasteiger partial charge in [0, 0.05) is 0 Å². The van der Waals surface area contributed by atoms with E-state index in [2.05, 4.69) is 45.9 Å². The van der Waals surface area contributed by atoms with E-state index in [1.807, 2.05) is 0 Å². The predicted octanol–water partition coefficient (Wildman–Crippen LogP) is 7.60. The van der Waals surface area contributed by atoms with Crippen molar-refractivity contribution in [2.45, 2.75) is 59.8 Å². The number of allylic oxidation sites excluding steroid dienone is 5. The largest absolute Gasteiger partial charge is 4.00 e. The monoisotopic (exact) mass is 391 g/mol. The van der Waals surface area contributed by atoms with Crippen molar-refractivity contribution < 1.29 is 21.7 Å². The molecule has 3 aliphatic rings. The van der Waals surface area contributed by atoms with Gasteiger partial charge < -0.3 is 27.6 Å². The second-order valence-corrected chi connectivity index (χ2v) is 7.88. The Bertz CT molecular complexity index is 488. The zero-order valence-electron chi connectivity index (χ0n) is 18.3. The van der Waals surface area contributed by atoms with Crippen LogP contribution in [0.5, 0.6) is 0 Å². The van der Waals surface area contributed by atoms with Gasteiger partial charge in [0.05, 0.1) is 0 Å². The summed E-state index contributed by atoms with van der Waals surface area (Å²) >= 11 is 0. The van der Waals surface area contributed by atoms with Crippen LogP contribution in [0.15, 0.2) is 35.1 Å². The molecule has 0 bridgehead atoms. The van der Waals surface area contributed by atoms with Gasteiger partial charge in [0.25, 0.3) is 0 Å². The van der Waals surface area contributed by atoms with Gasteiger partial charge in [0.2, 0.25) is 0 Å². The van der Waals surface area contributed by atoms with E-state index in [1.54, 1.807) is 5.57 Å². The molecule has 26 heavy (non-hydrogen) atoms. The Morgan fingerprint density at radius 3 is 2.15 bits per heavy atom. The molecule has 0 amide bonds. The first-order valence-electron chi connectivity index (χ1n) is 9.36. The van der Waals surface area contributed by atoms with Crippen LogP contribution in [-0.4, -0.2) is 6.54 Å². The Balaban J connectivity index is 0. The molecule has 5 atom stereocenters. The molecule has 1 saturated carbocycles. The molecule has 1 nitrogen and oxygen atoms in total. The molecule has 2 heteroatoms. The van der Waals surface area contributed by atoms with E-state index in [1.165, 1.54) is 37.0 Å². The second kappa shape index (κ2) is 12.2. The molecule has 1 fully saturated rings. The van der Waals surface area contributed by atoms with Crippen LogP contribution in [-0.2, 0) is 21.7 Å². The normalized spacial score (nSPS) is 32.9. The van der Waals surface area contributed by atoms with Gasteiger partial charge in [-0.2, -0.15) is 0 Å². The molecular weight excluding hydrogens is 350 g/mol. The number of hydrogen-bond donors (Lipinski definition) is 0. The molecule has 3 unspecified atom stereocenters. The minimum Gasteiger partial charge on any atom is -0.684 e. The Morgan fingerprint density at radius 1 is 0.923 bits per heavy atom. The molecule has 0 aromatic heterocycles. The van der Waals surface area contributed by atoms with Crippen molar-refractivity contribution in [1.82, 2.24) is 0 Å². The Hall–Kier alpha value is -0.266. The molecule has 1 heterocycles. The average Bonchev–Trinajstić information content (AvgIpc) is 2.78. The van der Waals surface area contributed by atoms with Gasteiger partial charge in [-0.1, -0.05) is 69.9 Å². The van der Waals surface area contributed by atoms with Gasteiger partial charge in [0.1, 0.15) is 0 Å². The summed E-state index contributed by atoms with van der Waals surface area (Å²) in [6.07, 6.45) is 13.2. The smallest absolute Gasteiger partial charge is 0.684 e. The van der Waals surface area contributed by atoms with E-state index in [0.717, 1.165) is 42.6 Å². The van der Waals surface area contributed by atoms with Crippen LogP contribution >= 0.6 is 0 Å². The number of hydrogen-bond acceptors (Lipinski definition) is 0. The van der Waals surface area contributed by atoms with Crippen molar-refractivity contribution >= 4 is 0 Å². The van der Waals surface area contributed by atoms with E-state index in [4.69, 9.17) is 5.32 Å². The summed E-state index contributed by atoms with van der Waals surface area (Å²) in [6.45, 7) is 10.9. The second-order valence-electron chi connectivity index (χ2n) is 7.88. The van der Waals surface area contributed by atoms with Crippen molar-refractivity contribution in [3.63, 3.8) is 0 Å². The minimum atomic E-state index is 0. The third kappa shape index (κ3) is 5.62. The van der Waals surface area contributed by atoms with Crippen LogP contribution in [0.2, 0.25) is 0 Å². The van der Waals surface area contributed by atoms with E-state index >= 15 is 0 Å². The maximum Gasteiger partial charge on any atom is 4.00 e. The summed E-state index contributed by atoms with van der Waals surface area (Å²) in [4.78, 5) is 0. The maximum absolute atomic E-state index is 4.98. The molecule has 146 valence electrons. The van der Waals surface area contributed by atoms with E-state index < -0.39 is 0 Å². The minimum absolute atomic E-state index is 0. The first-order valence-corrected chi connectivity index (χ1v) is 9.36.